The van der Waals surface area contributed by atoms with Crippen molar-refractivity contribution in [2.75, 3.05) is 11.9 Å². The molecule has 0 saturated heterocycles. The second kappa shape index (κ2) is 8.59. The van der Waals surface area contributed by atoms with E-state index in [0.717, 1.165) is 10.4 Å². The second-order valence-electron chi connectivity index (χ2n) is 7.65. The number of nitrogens with one attached hydrogen (secondary N) is 1. The molecule has 5 rings (SSSR count). The number of carbonyl (C=O) groups is 3. The van der Waals surface area contributed by atoms with Gasteiger partial charge in [0, 0.05) is 24.2 Å². The molecule has 166 valence electrons. The molecule has 4 heterocycles. The van der Waals surface area contributed by atoms with Crippen LogP contribution in [0.25, 0.3) is 21.6 Å². The zero-order valence-corrected chi connectivity index (χ0v) is 18.6. The number of benzene rings is 1. The Labute approximate surface area is 193 Å². The van der Waals surface area contributed by atoms with Gasteiger partial charge in [0.25, 0.3) is 0 Å². The number of anilines is 1. The van der Waals surface area contributed by atoms with E-state index in [0.29, 0.717) is 52.9 Å². The van der Waals surface area contributed by atoms with E-state index >= 15 is 0 Å². The Morgan fingerprint density at radius 2 is 2.09 bits per heavy atom. The summed E-state index contributed by atoms with van der Waals surface area (Å²) in [6.07, 6.45) is 2.56. The molecule has 0 bridgehead atoms. The molecule has 0 radical (unpaired) electrons. The maximum atomic E-state index is 13.0. The minimum absolute atomic E-state index is 0.0347. The lowest BCUT2D eigenvalue weighted by atomic mass is 9.99. The van der Waals surface area contributed by atoms with Gasteiger partial charge in [-0.3, -0.25) is 9.59 Å². The lowest BCUT2D eigenvalue weighted by molar-refractivity contribution is -0.116. The van der Waals surface area contributed by atoms with Gasteiger partial charge < -0.3 is 10.1 Å². The molecular weight excluding hydrogens is 440 g/mol. The molecule has 1 aromatic carbocycles. The van der Waals surface area contributed by atoms with Crippen LogP contribution in [-0.4, -0.2) is 39.0 Å². The number of aryl methyl sites for hydroxylation is 2. The second-order valence-corrected chi connectivity index (χ2v) is 8.60. The number of esters is 1. The first-order valence-electron chi connectivity index (χ1n) is 10.6. The van der Waals surface area contributed by atoms with Crippen LogP contribution in [0.1, 0.15) is 39.6 Å². The molecule has 1 amide bonds. The Bertz CT molecular complexity index is 1390. The van der Waals surface area contributed by atoms with Crippen molar-refractivity contribution in [2.24, 2.45) is 0 Å². The highest BCUT2D eigenvalue weighted by Crippen LogP contribution is 2.28. The number of nitrogens with zero attached hydrogens (tertiary/aromatic N) is 3. The number of carbonyl (C=O) groups excluding carboxylic acids is 3. The van der Waals surface area contributed by atoms with Crippen LogP contribution in [0.5, 0.6) is 0 Å². The summed E-state index contributed by atoms with van der Waals surface area (Å²) >= 11 is 1.52. The summed E-state index contributed by atoms with van der Waals surface area (Å²) in [5.74, 6) is -0.946. The summed E-state index contributed by atoms with van der Waals surface area (Å²) in [6.45, 7) is 2.17. The Balaban J connectivity index is 1.39. The van der Waals surface area contributed by atoms with Gasteiger partial charge in [-0.15, -0.1) is 11.3 Å². The first-order valence-corrected chi connectivity index (χ1v) is 11.4. The lowest BCUT2D eigenvalue weighted by Gasteiger charge is -2.17. The molecule has 0 atom stereocenters. The van der Waals surface area contributed by atoms with Crippen LogP contribution in [-0.2, 0) is 22.5 Å². The quantitative estimate of drug-likeness (QED) is 0.343. The molecule has 4 aromatic rings. The van der Waals surface area contributed by atoms with E-state index in [4.69, 9.17) is 4.74 Å². The van der Waals surface area contributed by atoms with Gasteiger partial charge in [0.05, 0.1) is 27.7 Å². The van der Waals surface area contributed by atoms with E-state index < -0.39 is 5.97 Å². The van der Waals surface area contributed by atoms with Crippen molar-refractivity contribution in [1.29, 1.82) is 0 Å². The number of aromatic nitrogens is 3. The van der Waals surface area contributed by atoms with Gasteiger partial charge >= 0.3 is 5.97 Å². The number of fused-ring (bicyclic) bond motifs is 2. The number of amides is 1. The maximum Gasteiger partial charge on any atom is 0.339 e. The van der Waals surface area contributed by atoms with Crippen LogP contribution in [0, 0.1) is 0 Å². The number of ketones is 1. The molecule has 9 heteroatoms. The van der Waals surface area contributed by atoms with Crippen molar-refractivity contribution in [1.82, 2.24) is 14.8 Å². The zero-order chi connectivity index (χ0) is 22.9. The van der Waals surface area contributed by atoms with Crippen LogP contribution in [0.15, 0.2) is 48.0 Å². The smallest absolute Gasteiger partial charge is 0.339 e. The Kier molecular flexibility index (Phi) is 5.47. The fourth-order valence-corrected chi connectivity index (χ4v) is 4.53. The van der Waals surface area contributed by atoms with Gasteiger partial charge in [0.15, 0.2) is 18.0 Å². The summed E-state index contributed by atoms with van der Waals surface area (Å²) in [4.78, 5) is 42.8. The van der Waals surface area contributed by atoms with Crippen molar-refractivity contribution >= 4 is 45.7 Å². The van der Waals surface area contributed by atoms with Crippen molar-refractivity contribution in [3.8, 4) is 10.6 Å². The largest absolute Gasteiger partial charge is 0.454 e. The molecule has 1 aliphatic rings. The summed E-state index contributed by atoms with van der Waals surface area (Å²) in [5.41, 5.74) is 3.63. The standard InChI is InChI=1S/C24H20N4O4S/c1-2-28-23-17(12-25-28)16(11-19(27-23)21-4-3-9-33-21)24(31)32-13-20(29)15-5-7-18-14(10-15)6-8-22(30)26-18/h3-5,7,9-12H,2,6,8,13H2,1H3,(H,26,30). The third kappa shape index (κ3) is 4.03. The Hall–Kier alpha value is -3.85. The normalized spacial score (nSPS) is 12.9. The van der Waals surface area contributed by atoms with E-state index in [1.165, 1.54) is 11.3 Å². The first kappa shape index (κ1) is 21.0. The Morgan fingerprint density at radius 1 is 1.21 bits per heavy atom. The molecule has 0 spiro atoms. The highest BCUT2D eigenvalue weighted by molar-refractivity contribution is 7.13. The first-order chi connectivity index (χ1) is 16.0. The molecule has 0 saturated carbocycles. The number of hydrogen-bond donors (Lipinski definition) is 1. The van der Waals surface area contributed by atoms with Crippen LogP contribution < -0.4 is 5.32 Å². The van der Waals surface area contributed by atoms with E-state index in [1.807, 2.05) is 24.4 Å². The third-order valence-electron chi connectivity index (χ3n) is 5.56. The number of thiophene rings is 1. The van der Waals surface area contributed by atoms with Crippen molar-refractivity contribution in [3.05, 3.63) is 64.7 Å². The Morgan fingerprint density at radius 3 is 2.88 bits per heavy atom. The van der Waals surface area contributed by atoms with Crippen LogP contribution >= 0.6 is 11.3 Å². The topological polar surface area (TPSA) is 103 Å². The van der Waals surface area contributed by atoms with E-state index in [9.17, 15) is 14.4 Å². The van der Waals surface area contributed by atoms with Gasteiger partial charge in [-0.25, -0.2) is 14.5 Å². The summed E-state index contributed by atoms with van der Waals surface area (Å²) in [6, 6.07) is 10.6. The van der Waals surface area contributed by atoms with Crippen molar-refractivity contribution < 1.29 is 19.1 Å². The predicted octanol–water partition coefficient (Wildman–Crippen LogP) is 4.10. The highest BCUT2D eigenvalue weighted by atomic mass is 32.1. The minimum atomic E-state index is -0.602. The van der Waals surface area contributed by atoms with E-state index in [2.05, 4.69) is 15.4 Å². The molecular formula is C24H20N4O4S. The molecule has 0 aliphatic carbocycles. The van der Waals surface area contributed by atoms with Crippen molar-refractivity contribution in [3.63, 3.8) is 0 Å². The molecule has 0 fully saturated rings. The van der Waals surface area contributed by atoms with E-state index in [-0.39, 0.29) is 18.3 Å². The number of Topliss-reactive ketones (excluding diaryl/α,β-unsaturated/α-hetero) is 1. The van der Waals surface area contributed by atoms with Gasteiger partial charge in [-0.1, -0.05) is 6.07 Å². The minimum Gasteiger partial charge on any atom is -0.454 e. The fraction of sp³-hybridized carbons (Fsp3) is 0.208. The predicted molar refractivity (Wildman–Crippen MR) is 125 cm³/mol. The van der Waals surface area contributed by atoms with Gasteiger partial charge in [-0.2, -0.15) is 5.10 Å². The van der Waals surface area contributed by atoms with Crippen LogP contribution in [0.2, 0.25) is 0 Å². The summed E-state index contributed by atoms with van der Waals surface area (Å²) < 4.78 is 7.13. The maximum absolute atomic E-state index is 13.0. The van der Waals surface area contributed by atoms with Gasteiger partial charge in [-0.05, 0) is 54.6 Å². The number of ether oxygens (including phenoxy) is 1. The third-order valence-corrected chi connectivity index (χ3v) is 6.45. The van der Waals surface area contributed by atoms with E-state index in [1.54, 1.807) is 35.1 Å². The van der Waals surface area contributed by atoms with Crippen LogP contribution in [0.4, 0.5) is 5.69 Å². The average molecular weight is 461 g/mol. The molecule has 3 aromatic heterocycles. The number of hydrogen-bond acceptors (Lipinski definition) is 7. The molecule has 0 unspecified atom stereocenters. The molecule has 33 heavy (non-hydrogen) atoms. The van der Waals surface area contributed by atoms with Crippen molar-refractivity contribution in [2.45, 2.75) is 26.3 Å². The molecule has 8 nitrogen and oxygen atoms in total. The summed E-state index contributed by atoms with van der Waals surface area (Å²) in [5, 5.41) is 9.64. The van der Waals surface area contributed by atoms with Gasteiger partial charge in [0.2, 0.25) is 5.91 Å². The lowest BCUT2D eigenvalue weighted by Crippen LogP contribution is -2.20. The fourth-order valence-electron chi connectivity index (χ4n) is 3.85. The number of rotatable bonds is 6. The number of pyridine rings is 1. The monoisotopic (exact) mass is 460 g/mol. The molecule has 1 aliphatic heterocycles. The highest BCUT2D eigenvalue weighted by Gasteiger charge is 2.21. The average Bonchev–Trinajstić information content (AvgIpc) is 3.51. The zero-order valence-electron chi connectivity index (χ0n) is 17.8. The summed E-state index contributed by atoms with van der Waals surface area (Å²) in [7, 11) is 0. The van der Waals surface area contributed by atoms with Gasteiger partial charge in [0.1, 0.15) is 0 Å². The van der Waals surface area contributed by atoms with Crippen LogP contribution in [0.3, 0.4) is 0 Å². The SMILES string of the molecule is CCn1ncc2c(C(=O)OCC(=O)c3ccc4c(c3)CCC(=O)N4)cc(-c3cccs3)nc21. The molecule has 1 N–H and O–H groups in total.